The van der Waals surface area contributed by atoms with Crippen LogP contribution in [0.2, 0.25) is 0 Å². The first-order chi connectivity index (χ1) is 8.26. The molecule has 0 radical (unpaired) electrons. The molecule has 0 saturated carbocycles. The molecule has 1 aromatic carbocycles. The van der Waals surface area contributed by atoms with Crippen LogP contribution in [0.1, 0.15) is 38.8 Å². The van der Waals surface area contributed by atoms with Gasteiger partial charge in [-0.2, -0.15) is 0 Å². The minimum atomic E-state index is -0.471. The summed E-state index contributed by atoms with van der Waals surface area (Å²) in [5, 5.41) is 3.02. The minimum absolute atomic E-state index is 0.471. The van der Waals surface area contributed by atoms with Crippen LogP contribution in [0.4, 0.5) is 0 Å². The molecular formula is C14H26N2O. The lowest BCUT2D eigenvalue weighted by Gasteiger charge is -2.00. The molecule has 0 unspecified atom stereocenters. The molecule has 98 valence electrons. The summed E-state index contributed by atoms with van der Waals surface area (Å²) in [6.45, 7) is 7.29. The molecule has 0 bridgehead atoms. The van der Waals surface area contributed by atoms with Gasteiger partial charge in [0.2, 0.25) is 0 Å². The number of rotatable bonds is 4. The van der Waals surface area contributed by atoms with E-state index >= 15 is 0 Å². The summed E-state index contributed by atoms with van der Waals surface area (Å²) in [5.41, 5.74) is 6.29. The summed E-state index contributed by atoms with van der Waals surface area (Å²) < 4.78 is 0. The lowest BCUT2D eigenvalue weighted by atomic mass is 10.1. The zero-order valence-electron chi connectivity index (χ0n) is 11.4. The minimum Gasteiger partial charge on any atom is -0.320 e. The molecular weight excluding hydrogens is 212 g/mol. The van der Waals surface area contributed by atoms with Crippen LogP contribution in [0, 0.1) is 0 Å². The Morgan fingerprint density at radius 1 is 1.29 bits per heavy atom. The molecule has 0 aliphatic heterocycles. The Kier molecular flexibility index (Phi) is 15.8. The van der Waals surface area contributed by atoms with Crippen molar-refractivity contribution in [2.24, 2.45) is 5.73 Å². The Hall–Kier alpha value is -1.19. The molecule has 0 aliphatic rings. The Bertz CT molecular complexity index is 248. The highest BCUT2D eigenvalue weighted by Gasteiger charge is 1.99. The van der Waals surface area contributed by atoms with Crippen LogP contribution >= 0.6 is 0 Å². The average molecular weight is 238 g/mol. The summed E-state index contributed by atoms with van der Waals surface area (Å²) in [6.07, 6.45) is 1.96. The largest absolute Gasteiger partial charge is 0.320 e. The number of benzene rings is 1. The topological polar surface area (TPSA) is 55.1 Å². The van der Waals surface area contributed by atoms with Crippen molar-refractivity contribution in [2.75, 3.05) is 13.6 Å². The third kappa shape index (κ3) is 11.1. The van der Waals surface area contributed by atoms with E-state index in [1.807, 2.05) is 51.2 Å². The van der Waals surface area contributed by atoms with Crippen molar-refractivity contribution in [3.8, 4) is 0 Å². The average Bonchev–Trinajstić information content (AvgIpc) is 2.43. The Labute approximate surface area is 105 Å². The molecule has 0 fully saturated rings. The Morgan fingerprint density at radius 3 is 2.12 bits per heavy atom. The fraction of sp³-hybridized carbons (Fsp3) is 0.500. The molecule has 0 saturated heterocycles. The van der Waals surface area contributed by atoms with Gasteiger partial charge in [-0.25, -0.2) is 0 Å². The van der Waals surface area contributed by atoms with E-state index in [4.69, 9.17) is 5.73 Å². The van der Waals surface area contributed by atoms with Gasteiger partial charge in [0.15, 0.2) is 0 Å². The lowest BCUT2D eigenvalue weighted by molar-refractivity contribution is -0.109. The van der Waals surface area contributed by atoms with Gasteiger partial charge < -0.3 is 15.8 Å². The molecule has 1 atom stereocenters. The van der Waals surface area contributed by atoms with Crippen molar-refractivity contribution >= 4 is 6.29 Å². The normalized spacial score (nSPS) is 10.2. The highest BCUT2D eigenvalue weighted by atomic mass is 16.1. The van der Waals surface area contributed by atoms with E-state index in [1.54, 1.807) is 0 Å². The molecule has 17 heavy (non-hydrogen) atoms. The summed E-state index contributed by atoms with van der Waals surface area (Å²) in [7, 11) is 1.96. The first-order valence-corrected chi connectivity index (χ1v) is 6.16. The van der Waals surface area contributed by atoms with E-state index in [-0.39, 0.29) is 0 Å². The van der Waals surface area contributed by atoms with Crippen LogP contribution in [-0.2, 0) is 4.79 Å². The summed E-state index contributed by atoms with van der Waals surface area (Å²) >= 11 is 0. The van der Waals surface area contributed by atoms with Crippen molar-refractivity contribution in [2.45, 2.75) is 33.2 Å². The van der Waals surface area contributed by atoms with Gasteiger partial charge in [-0.15, -0.1) is 0 Å². The van der Waals surface area contributed by atoms with Gasteiger partial charge in [0.25, 0.3) is 0 Å². The highest BCUT2D eigenvalue weighted by Crippen LogP contribution is 2.05. The van der Waals surface area contributed by atoms with E-state index in [1.165, 1.54) is 6.42 Å². The van der Waals surface area contributed by atoms with E-state index in [9.17, 15) is 4.79 Å². The van der Waals surface area contributed by atoms with Gasteiger partial charge in [0.1, 0.15) is 6.29 Å². The number of nitrogens with one attached hydrogen (secondary N) is 1. The third-order valence-corrected chi connectivity index (χ3v) is 1.83. The van der Waals surface area contributed by atoms with E-state index < -0.39 is 6.04 Å². The molecule has 3 N–H and O–H groups in total. The van der Waals surface area contributed by atoms with Gasteiger partial charge >= 0.3 is 0 Å². The first kappa shape index (κ1) is 18.2. The van der Waals surface area contributed by atoms with Gasteiger partial charge in [-0.1, -0.05) is 51.1 Å². The van der Waals surface area contributed by atoms with Crippen LogP contribution in [0.5, 0.6) is 0 Å². The standard InChI is InChI=1S/C8H9NO.C4H11N.C2H6/c9-8(6-10)7-4-2-1-3-5-7;1-3-4-5-2;1-2/h1-6,8H,9H2;5H,3-4H2,1-2H3;1-2H3/t8-;;/m0../s1. The first-order valence-electron chi connectivity index (χ1n) is 6.16. The fourth-order valence-corrected chi connectivity index (χ4v) is 1.00. The second kappa shape index (κ2) is 14.8. The van der Waals surface area contributed by atoms with Crippen molar-refractivity contribution in [1.82, 2.24) is 5.32 Å². The number of hydrogen-bond acceptors (Lipinski definition) is 3. The maximum Gasteiger partial charge on any atom is 0.141 e. The number of carbonyl (C=O) groups excluding carboxylic acids is 1. The summed E-state index contributed by atoms with van der Waals surface area (Å²) in [5.74, 6) is 0. The van der Waals surface area contributed by atoms with Crippen molar-refractivity contribution < 1.29 is 4.79 Å². The third-order valence-electron chi connectivity index (χ3n) is 1.83. The highest BCUT2D eigenvalue weighted by molar-refractivity contribution is 5.60. The zero-order chi connectivity index (χ0) is 13.5. The van der Waals surface area contributed by atoms with Gasteiger partial charge in [-0.3, -0.25) is 0 Å². The number of carbonyl (C=O) groups is 1. The Balaban J connectivity index is 0. The number of nitrogens with two attached hydrogens (primary N) is 1. The van der Waals surface area contributed by atoms with Crippen LogP contribution in [0.3, 0.4) is 0 Å². The zero-order valence-corrected chi connectivity index (χ0v) is 11.4. The quantitative estimate of drug-likeness (QED) is 0.793. The molecule has 0 aliphatic carbocycles. The molecule has 3 heteroatoms. The van der Waals surface area contributed by atoms with Crippen LogP contribution < -0.4 is 11.1 Å². The van der Waals surface area contributed by atoms with Crippen molar-refractivity contribution in [3.05, 3.63) is 35.9 Å². The van der Waals surface area contributed by atoms with Crippen LogP contribution in [-0.4, -0.2) is 19.9 Å². The predicted molar refractivity (Wildman–Crippen MR) is 75.0 cm³/mol. The summed E-state index contributed by atoms with van der Waals surface area (Å²) in [6, 6.07) is 8.80. The van der Waals surface area contributed by atoms with Crippen molar-refractivity contribution in [1.29, 1.82) is 0 Å². The van der Waals surface area contributed by atoms with Crippen LogP contribution in [0.25, 0.3) is 0 Å². The SMILES string of the molecule is CC.CCCNC.N[C@@H](C=O)c1ccccc1. The second-order valence-electron chi connectivity index (χ2n) is 3.18. The van der Waals surface area contributed by atoms with E-state index in [0.717, 1.165) is 18.4 Å². The maximum absolute atomic E-state index is 10.2. The molecule has 0 amide bonds. The maximum atomic E-state index is 10.2. The van der Waals surface area contributed by atoms with Crippen LogP contribution in [0.15, 0.2) is 30.3 Å². The van der Waals surface area contributed by atoms with E-state index in [0.29, 0.717) is 0 Å². The van der Waals surface area contributed by atoms with Gasteiger partial charge in [0, 0.05) is 0 Å². The molecule has 1 aromatic rings. The monoisotopic (exact) mass is 238 g/mol. The number of hydrogen-bond donors (Lipinski definition) is 2. The molecule has 1 rings (SSSR count). The second-order valence-corrected chi connectivity index (χ2v) is 3.18. The van der Waals surface area contributed by atoms with Crippen molar-refractivity contribution in [3.63, 3.8) is 0 Å². The lowest BCUT2D eigenvalue weighted by Crippen LogP contribution is -2.10. The van der Waals surface area contributed by atoms with Gasteiger partial charge in [0.05, 0.1) is 6.04 Å². The number of aldehydes is 1. The molecule has 0 spiro atoms. The smallest absolute Gasteiger partial charge is 0.141 e. The summed E-state index contributed by atoms with van der Waals surface area (Å²) in [4.78, 5) is 10.2. The molecule has 0 aromatic heterocycles. The van der Waals surface area contributed by atoms with Gasteiger partial charge in [-0.05, 0) is 25.6 Å². The molecule has 3 nitrogen and oxygen atoms in total. The predicted octanol–water partition coefficient (Wildman–Crippen LogP) is 2.53. The molecule has 0 heterocycles. The Morgan fingerprint density at radius 2 is 1.82 bits per heavy atom. The fourth-order valence-electron chi connectivity index (χ4n) is 1.00. The van der Waals surface area contributed by atoms with E-state index in [2.05, 4.69) is 12.2 Å².